The lowest BCUT2D eigenvalue weighted by Gasteiger charge is -2.10. The lowest BCUT2D eigenvalue weighted by molar-refractivity contribution is 0.863. The highest BCUT2D eigenvalue weighted by Gasteiger charge is 2.05. The SMILES string of the molecule is Clc1cc(Cl)c(NCCCc2ccccc2Cl)cc1Cl. The minimum absolute atomic E-state index is 0.457. The van der Waals surface area contributed by atoms with Gasteiger partial charge < -0.3 is 5.32 Å². The van der Waals surface area contributed by atoms with Crippen LogP contribution in [0.3, 0.4) is 0 Å². The maximum absolute atomic E-state index is 6.11. The zero-order chi connectivity index (χ0) is 14.5. The fourth-order valence-electron chi connectivity index (χ4n) is 1.86. The molecule has 0 saturated heterocycles. The molecule has 0 unspecified atom stereocenters. The van der Waals surface area contributed by atoms with Crippen molar-refractivity contribution in [1.82, 2.24) is 0 Å². The van der Waals surface area contributed by atoms with Crippen molar-refractivity contribution < 1.29 is 0 Å². The third kappa shape index (κ3) is 4.20. The predicted octanol–water partition coefficient (Wildman–Crippen LogP) is 6.34. The lowest BCUT2D eigenvalue weighted by atomic mass is 10.1. The van der Waals surface area contributed by atoms with Crippen LogP contribution in [0.2, 0.25) is 20.1 Å². The maximum Gasteiger partial charge on any atom is 0.0653 e. The van der Waals surface area contributed by atoms with Crippen LogP contribution in [0.1, 0.15) is 12.0 Å². The van der Waals surface area contributed by atoms with Crippen LogP contribution in [0.5, 0.6) is 0 Å². The van der Waals surface area contributed by atoms with Crippen LogP contribution in [0.15, 0.2) is 36.4 Å². The Morgan fingerprint density at radius 2 is 1.50 bits per heavy atom. The van der Waals surface area contributed by atoms with E-state index < -0.39 is 0 Å². The topological polar surface area (TPSA) is 12.0 Å². The number of hydrogen-bond donors (Lipinski definition) is 1. The summed E-state index contributed by atoms with van der Waals surface area (Å²) in [4.78, 5) is 0. The minimum atomic E-state index is 0.457. The molecule has 2 aromatic rings. The largest absolute Gasteiger partial charge is 0.384 e. The first-order chi connectivity index (χ1) is 9.58. The Morgan fingerprint density at radius 3 is 2.25 bits per heavy atom. The molecule has 106 valence electrons. The van der Waals surface area contributed by atoms with E-state index in [-0.39, 0.29) is 0 Å². The Morgan fingerprint density at radius 1 is 0.800 bits per heavy atom. The van der Waals surface area contributed by atoms with Gasteiger partial charge in [0.05, 0.1) is 20.8 Å². The van der Waals surface area contributed by atoms with Crippen LogP contribution < -0.4 is 5.32 Å². The number of nitrogens with one attached hydrogen (secondary N) is 1. The quantitative estimate of drug-likeness (QED) is 0.490. The Bertz CT molecular complexity index is 598. The van der Waals surface area contributed by atoms with Gasteiger partial charge in [0.1, 0.15) is 0 Å². The number of aryl methyl sites for hydroxylation is 1. The zero-order valence-electron chi connectivity index (χ0n) is 10.6. The third-order valence-corrected chi connectivity index (χ3v) is 4.31. The number of benzene rings is 2. The fourth-order valence-corrected chi connectivity index (χ4v) is 2.70. The number of halogens is 4. The molecule has 0 spiro atoms. The van der Waals surface area contributed by atoms with E-state index in [1.807, 2.05) is 24.3 Å². The first-order valence-corrected chi connectivity index (χ1v) is 7.71. The van der Waals surface area contributed by atoms with Gasteiger partial charge in [0.25, 0.3) is 0 Å². The Labute approximate surface area is 138 Å². The average molecular weight is 349 g/mol. The van der Waals surface area contributed by atoms with Gasteiger partial charge in [-0.2, -0.15) is 0 Å². The fraction of sp³-hybridized carbons (Fsp3) is 0.200. The van der Waals surface area contributed by atoms with Crippen LogP contribution in [-0.2, 0) is 6.42 Å². The van der Waals surface area contributed by atoms with E-state index >= 15 is 0 Å². The number of anilines is 1. The van der Waals surface area contributed by atoms with Gasteiger partial charge in [-0.15, -0.1) is 0 Å². The molecule has 1 N–H and O–H groups in total. The molecule has 20 heavy (non-hydrogen) atoms. The van der Waals surface area contributed by atoms with Crippen LogP contribution in [0, 0.1) is 0 Å². The van der Waals surface area contributed by atoms with Crippen molar-refractivity contribution >= 4 is 52.1 Å². The van der Waals surface area contributed by atoms with Gasteiger partial charge >= 0.3 is 0 Å². The second kappa shape index (κ2) is 7.42. The van der Waals surface area contributed by atoms with Gasteiger partial charge in [-0.05, 0) is 36.6 Å². The number of hydrogen-bond acceptors (Lipinski definition) is 1. The van der Waals surface area contributed by atoms with E-state index in [0.29, 0.717) is 15.1 Å². The van der Waals surface area contributed by atoms with E-state index in [0.717, 1.165) is 35.7 Å². The summed E-state index contributed by atoms with van der Waals surface area (Å²) >= 11 is 24.1. The van der Waals surface area contributed by atoms with E-state index in [2.05, 4.69) is 5.32 Å². The molecule has 1 nitrogen and oxygen atoms in total. The van der Waals surface area contributed by atoms with E-state index in [4.69, 9.17) is 46.4 Å². The molecule has 0 aliphatic heterocycles. The van der Waals surface area contributed by atoms with Crippen molar-refractivity contribution in [2.45, 2.75) is 12.8 Å². The average Bonchev–Trinajstić information content (AvgIpc) is 2.42. The molecule has 2 rings (SSSR count). The monoisotopic (exact) mass is 347 g/mol. The molecule has 0 aliphatic carbocycles. The summed E-state index contributed by atoms with van der Waals surface area (Å²) in [7, 11) is 0. The molecule has 0 heterocycles. The van der Waals surface area contributed by atoms with Crippen LogP contribution in [-0.4, -0.2) is 6.54 Å². The van der Waals surface area contributed by atoms with E-state index in [1.54, 1.807) is 12.1 Å². The molecule has 0 radical (unpaired) electrons. The number of rotatable bonds is 5. The molecule has 0 aromatic heterocycles. The minimum Gasteiger partial charge on any atom is -0.384 e. The molecule has 2 aromatic carbocycles. The van der Waals surface area contributed by atoms with Gasteiger partial charge in [0.15, 0.2) is 0 Å². The molecule has 0 bridgehead atoms. The van der Waals surface area contributed by atoms with Crippen molar-refractivity contribution in [2.75, 3.05) is 11.9 Å². The van der Waals surface area contributed by atoms with Crippen LogP contribution >= 0.6 is 46.4 Å². The third-order valence-electron chi connectivity index (χ3n) is 2.91. The van der Waals surface area contributed by atoms with Gasteiger partial charge in [0, 0.05) is 11.6 Å². The normalized spacial score (nSPS) is 10.6. The first kappa shape index (κ1) is 15.8. The van der Waals surface area contributed by atoms with Gasteiger partial charge in [0.2, 0.25) is 0 Å². The highest BCUT2D eigenvalue weighted by atomic mass is 35.5. The summed E-state index contributed by atoms with van der Waals surface area (Å²) in [5, 5.41) is 5.57. The second-order valence-electron chi connectivity index (χ2n) is 4.37. The van der Waals surface area contributed by atoms with Crippen LogP contribution in [0.4, 0.5) is 5.69 Å². The summed E-state index contributed by atoms with van der Waals surface area (Å²) in [6.45, 7) is 0.781. The van der Waals surface area contributed by atoms with Crippen molar-refractivity contribution in [1.29, 1.82) is 0 Å². The summed E-state index contributed by atoms with van der Waals surface area (Å²) in [5.74, 6) is 0. The molecule has 0 aliphatic rings. The molecule has 0 saturated carbocycles. The van der Waals surface area contributed by atoms with Crippen molar-refractivity contribution in [3.8, 4) is 0 Å². The van der Waals surface area contributed by atoms with E-state index in [1.165, 1.54) is 0 Å². The predicted molar refractivity (Wildman–Crippen MR) is 89.7 cm³/mol. The molecule has 5 heteroatoms. The zero-order valence-corrected chi connectivity index (χ0v) is 13.6. The van der Waals surface area contributed by atoms with Gasteiger partial charge in [-0.25, -0.2) is 0 Å². The van der Waals surface area contributed by atoms with Crippen molar-refractivity contribution in [3.63, 3.8) is 0 Å². The maximum atomic E-state index is 6.11. The Kier molecular flexibility index (Phi) is 5.86. The van der Waals surface area contributed by atoms with Gasteiger partial charge in [-0.1, -0.05) is 64.6 Å². The first-order valence-electron chi connectivity index (χ1n) is 6.20. The standard InChI is InChI=1S/C15H13Cl4N/c16-11-6-2-1-4-10(11)5-3-7-20-15-9-13(18)12(17)8-14(15)19/h1-2,4,6,8-9,20H,3,5,7H2. The second-order valence-corrected chi connectivity index (χ2v) is 6.00. The lowest BCUT2D eigenvalue weighted by Crippen LogP contribution is -2.03. The summed E-state index contributed by atoms with van der Waals surface area (Å²) in [5.41, 5.74) is 1.94. The summed E-state index contributed by atoms with van der Waals surface area (Å²) < 4.78 is 0. The Balaban J connectivity index is 1.88. The highest BCUT2D eigenvalue weighted by Crippen LogP contribution is 2.32. The van der Waals surface area contributed by atoms with Crippen molar-refractivity contribution in [3.05, 3.63) is 62.1 Å². The Hall–Kier alpha value is -0.600. The molecular formula is C15H13Cl4N. The van der Waals surface area contributed by atoms with E-state index in [9.17, 15) is 0 Å². The molecule has 0 amide bonds. The molecule has 0 fully saturated rings. The summed E-state index contributed by atoms with van der Waals surface area (Å²) in [6.07, 6.45) is 1.85. The molecular weight excluding hydrogens is 336 g/mol. The summed E-state index contributed by atoms with van der Waals surface area (Å²) in [6, 6.07) is 11.2. The highest BCUT2D eigenvalue weighted by molar-refractivity contribution is 6.44. The van der Waals surface area contributed by atoms with Gasteiger partial charge in [-0.3, -0.25) is 0 Å². The van der Waals surface area contributed by atoms with Crippen molar-refractivity contribution in [2.24, 2.45) is 0 Å². The smallest absolute Gasteiger partial charge is 0.0653 e. The van der Waals surface area contributed by atoms with Crippen LogP contribution in [0.25, 0.3) is 0 Å². The molecule has 0 atom stereocenters.